The summed E-state index contributed by atoms with van der Waals surface area (Å²) in [5, 5.41) is 0. The van der Waals surface area contributed by atoms with Gasteiger partial charge in [-0.2, -0.15) is 0 Å². The molecule has 0 saturated carbocycles. The molecule has 5 heteroatoms. The van der Waals surface area contributed by atoms with Crippen LogP contribution in [-0.4, -0.2) is 34.2 Å². The van der Waals surface area contributed by atoms with E-state index in [1.54, 1.807) is 0 Å². The molecule has 0 aliphatic carbocycles. The summed E-state index contributed by atoms with van der Waals surface area (Å²) in [6, 6.07) is 32.5. The number of ether oxygens (including phenoxy) is 1. The summed E-state index contributed by atoms with van der Waals surface area (Å²) >= 11 is 0. The molecule has 51 heavy (non-hydrogen) atoms. The first-order valence-corrected chi connectivity index (χ1v) is 19.6. The van der Waals surface area contributed by atoms with E-state index in [0.29, 0.717) is 5.56 Å². The minimum absolute atomic E-state index is 0.310. The number of aryl methyl sites for hydroxylation is 2. The average molecular weight is 688 g/mol. The highest BCUT2D eigenvalue weighted by atomic mass is 16.6. The Balaban J connectivity index is 1.56. The number of carbonyl (C=O) groups excluding carboxylic acids is 1. The molecular weight excluding hydrogens is 627 g/mol. The molecule has 4 aromatic carbocycles. The van der Waals surface area contributed by atoms with Crippen LogP contribution in [0.5, 0.6) is 0 Å². The second-order valence-electron chi connectivity index (χ2n) is 14.8. The van der Waals surface area contributed by atoms with Crippen LogP contribution >= 0.6 is 0 Å². The molecule has 1 unspecified atom stereocenters. The Kier molecular flexibility index (Phi) is 13.6. The first-order valence-electron chi connectivity index (χ1n) is 19.6. The maximum Gasteiger partial charge on any atom is 0.341 e. The fourth-order valence-corrected chi connectivity index (χ4v) is 7.37. The summed E-state index contributed by atoms with van der Waals surface area (Å²) in [6.45, 7) is 4.54. The molecule has 4 aromatic rings. The monoisotopic (exact) mass is 687 g/mol. The largest absolute Gasteiger partial charge is 0.426 e. The maximum absolute atomic E-state index is 14.0. The van der Waals surface area contributed by atoms with Crippen LogP contribution in [0.3, 0.4) is 0 Å². The minimum atomic E-state index is -1.20. The van der Waals surface area contributed by atoms with Crippen LogP contribution in [-0.2, 0) is 23.3 Å². The van der Waals surface area contributed by atoms with Gasteiger partial charge in [0.1, 0.15) is 0 Å². The highest BCUT2D eigenvalue weighted by Gasteiger charge is 2.52. The number of fused-ring (bicyclic) bond motifs is 1. The molecule has 0 bridgehead atoms. The van der Waals surface area contributed by atoms with Crippen LogP contribution in [0, 0.1) is 0 Å². The van der Waals surface area contributed by atoms with E-state index in [-0.39, 0.29) is 5.97 Å². The zero-order chi connectivity index (χ0) is 36.2. The van der Waals surface area contributed by atoms with Gasteiger partial charge in [-0.1, -0.05) is 114 Å². The number of hydrogen-bond donors (Lipinski definition) is 0. The normalized spacial score (nSPS) is 15.1. The molecule has 5 nitrogen and oxygen atoms in total. The van der Waals surface area contributed by atoms with Crippen molar-refractivity contribution in [1.82, 2.24) is 0 Å². The fraction of sp³-hybridized carbons (Fsp3) is 0.457. The van der Waals surface area contributed by atoms with Gasteiger partial charge in [-0.25, -0.2) is 4.79 Å². The quantitative estimate of drug-likeness (QED) is 0.0683. The zero-order valence-electron chi connectivity index (χ0n) is 32.2. The molecule has 0 aromatic heterocycles. The van der Waals surface area contributed by atoms with Crippen molar-refractivity contribution in [3.63, 3.8) is 0 Å². The Bertz CT molecular complexity index is 1600. The first kappa shape index (κ1) is 38.0. The second-order valence-corrected chi connectivity index (χ2v) is 14.8. The van der Waals surface area contributed by atoms with Gasteiger partial charge in [0.15, 0.2) is 0 Å². The van der Waals surface area contributed by atoms with Crippen molar-refractivity contribution in [2.45, 2.75) is 109 Å². The molecule has 0 saturated heterocycles. The van der Waals surface area contributed by atoms with Crippen LogP contribution in [0.15, 0.2) is 91.0 Å². The number of esters is 1. The molecule has 1 heterocycles. The number of cyclic esters (lactones) is 1. The van der Waals surface area contributed by atoms with Gasteiger partial charge in [0.25, 0.3) is 0 Å². The van der Waals surface area contributed by atoms with Gasteiger partial charge < -0.3 is 14.5 Å². The third-order valence-electron chi connectivity index (χ3n) is 10.5. The van der Waals surface area contributed by atoms with E-state index in [9.17, 15) is 4.79 Å². The van der Waals surface area contributed by atoms with Crippen LogP contribution < -0.4 is 14.7 Å². The SMILES string of the molecule is CCCCCCCCc1ccc(N(c2ccc(CCCCCCCC)cc2)C2(c3ccc(N(C)C)cc3)OC(=O)c3cc(N(C)C)ccc32)cc1. The lowest BCUT2D eigenvalue weighted by atomic mass is 9.89. The Morgan fingerprint density at radius 3 is 1.41 bits per heavy atom. The van der Waals surface area contributed by atoms with E-state index < -0.39 is 5.72 Å². The van der Waals surface area contributed by atoms with E-state index in [0.717, 1.165) is 46.7 Å². The summed E-state index contributed by atoms with van der Waals surface area (Å²) in [4.78, 5) is 20.4. The van der Waals surface area contributed by atoms with Crippen molar-refractivity contribution in [2.24, 2.45) is 0 Å². The van der Waals surface area contributed by atoms with Gasteiger partial charge in [-0.3, -0.25) is 4.90 Å². The summed E-state index contributed by atoms with van der Waals surface area (Å²) in [5.74, 6) is -0.310. The summed E-state index contributed by atoms with van der Waals surface area (Å²) in [6.07, 6.45) is 17.6. The van der Waals surface area contributed by atoms with E-state index in [1.807, 2.05) is 39.2 Å². The maximum atomic E-state index is 14.0. The highest BCUT2D eigenvalue weighted by Crippen LogP contribution is 2.51. The molecule has 0 radical (unpaired) electrons. The van der Waals surface area contributed by atoms with Crippen molar-refractivity contribution in [3.05, 3.63) is 119 Å². The lowest BCUT2D eigenvalue weighted by Crippen LogP contribution is -2.45. The van der Waals surface area contributed by atoms with Crippen LogP contribution in [0.1, 0.15) is 124 Å². The molecule has 272 valence electrons. The molecule has 5 rings (SSSR count). The van der Waals surface area contributed by atoms with Gasteiger partial charge >= 0.3 is 5.97 Å². The van der Waals surface area contributed by atoms with Gasteiger partial charge in [-0.05, 0) is 91.4 Å². The third-order valence-corrected chi connectivity index (χ3v) is 10.5. The number of nitrogens with zero attached hydrogens (tertiary/aromatic N) is 3. The number of benzene rings is 4. The number of anilines is 4. The Morgan fingerprint density at radius 1 is 0.510 bits per heavy atom. The van der Waals surface area contributed by atoms with Gasteiger partial charge in [0.2, 0.25) is 5.72 Å². The minimum Gasteiger partial charge on any atom is -0.426 e. The van der Waals surface area contributed by atoms with Crippen LogP contribution in [0.2, 0.25) is 0 Å². The Morgan fingerprint density at radius 2 is 0.941 bits per heavy atom. The summed E-state index contributed by atoms with van der Waals surface area (Å²) < 4.78 is 6.75. The van der Waals surface area contributed by atoms with Crippen molar-refractivity contribution in [3.8, 4) is 0 Å². The lowest BCUT2D eigenvalue weighted by molar-refractivity contribution is 0.0134. The fourth-order valence-electron chi connectivity index (χ4n) is 7.37. The topological polar surface area (TPSA) is 36.0 Å². The predicted octanol–water partition coefficient (Wildman–Crippen LogP) is 11.8. The zero-order valence-corrected chi connectivity index (χ0v) is 32.2. The van der Waals surface area contributed by atoms with Crippen LogP contribution in [0.25, 0.3) is 0 Å². The van der Waals surface area contributed by atoms with E-state index in [2.05, 4.69) is 109 Å². The molecule has 1 aliphatic rings. The number of hydrogen-bond acceptors (Lipinski definition) is 5. The van der Waals surface area contributed by atoms with E-state index in [4.69, 9.17) is 4.74 Å². The van der Waals surface area contributed by atoms with Gasteiger partial charge in [0, 0.05) is 62.1 Å². The molecule has 0 spiro atoms. The molecule has 1 aliphatic heterocycles. The molecule has 0 amide bonds. The number of unbranched alkanes of at least 4 members (excludes halogenated alkanes) is 10. The molecule has 0 fully saturated rings. The lowest BCUT2D eigenvalue weighted by Gasteiger charge is -2.42. The van der Waals surface area contributed by atoms with E-state index >= 15 is 0 Å². The Hall–Kier alpha value is -4.25. The summed E-state index contributed by atoms with van der Waals surface area (Å²) in [7, 11) is 8.09. The van der Waals surface area contributed by atoms with Gasteiger partial charge in [-0.15, -0.1) is 0 Å². The van der Waals surface area contributed by atoms with Crippen LogP contribution in [0.4, 0.5) is 22.7 Å². The van der Waals surface area contributed by atoms with E-state index in [1.165, 1.54) is 88.2 Å². The smallest absolute Gasteiger partial charge is 0.341 e. The predicted molar refractivity (Wildman–Crippen MR) is 217 cm³/mol. The van der Waals surface area contributed by atoms with Crippen molar-refractivity contribution in [1.29, 1.82) is 0 Å². The average Bonchev–Trinajstić information content (AvgIpc) is 3.44. The second kappa shape index (κ2) is 18.3. The van der Waals surface area contributed by atoms with Crippen molar-refractivity contribution >= 4 is 28.7 Å². The molecule has 1 atom stereocenters. The number of rotatable bonds is 20. The van der Waals surface area contributed by atoms with Gasteiger partial charge in [0.05, 0.1) is 5.56 Å². The standard InChI is InChI=1S/C46H61N3O2/c1-7-9-11-13-15-17-19-36-21-27-40(28-22-36)49(41-29-23-37(24-30-41)20-18-16-14-12-10-8-2)46(38-25-31-39(32-26-38)47(3)4)44-34-33-42(48(5)6)35-43(44)45(50)51-46/h21-35H,7-20H2,1-6H3. The van der Waals surface area contributed by atoms with Crippen molar-refractivity contribution < 1.29 is 9.53 Å². The highest BCUT2D eigenvalue weighted by molar-refractivity contribution is 5.98. The molecule has 0 N–H and O–H groups in total. The number of carbonyl (C=O) groups is 1. The Labute approximate surface area is 308 Å². The third kappa shape index (κ3) is 9.16. The molecular formula is C46H61N3O2. The van der Waals surface area contributed by atoms with Crippen molar-refractivity contribution in [2.75, 3.05) is 42.9 Å². The first-order chi connectivity index (χ1) is 24.8. The summed E-state index contributed by atoms with van der Waals surface area (Å²) in [5.41, 5.74) is 7.86.